The minimum atomic E-state index is -5.03. The molecule has 0 spiro atoms. The molecule has 0 unspecified atom stereocenters. The first-order chi connectivity index (χ1) is 27.6. The molecule has 0 radical (unpaired) electrons. The molecule has 0 bridgehead atoms. The number of anilines is 4. The van der Waals surface area contributed by atoms with Gasteiger partial charge in [-0.25, -0.2) is 30.4 Å². The maximum Gasteiger partial charge on any atom is 1.00 e. The summed E-state index contributed by atoms with van der Waals surface area (Å²) in [7, 11) is -13.6. The fraction of sp³-hybridized carbons (Fsp3) is 0. The molecule has 7 rings (SSSR count). The third kappa shape index (κ3) is 11.9. The molecule has 0 aliphatic heterocycles. The average Bonchev–Trinajstić information content (AvgIpc) is 3.19. The van der Waals surface area contributed by atoms with Crippen LogP contribution in [0.15, 0.2) is 169 Å². The molecular formula is C37H26N10Na2O8S3. The van der Waals surface area contributed by atoms with Crippen LogP contribution in [0, 0.1) is 0 Å². The van der Waals surface area contributed by atoms with Gasteiger partial charge in [0.05, 0.1) is 31.7 Å². The number of nitrogens with one attached hydrogen (secondary N) is 2. The van der Waals surface area contributed by atoms with Crippen molar-refractivity contribution in [3.8, 4) is 11.4 Å². The predicted molar refractivity (Wildman–Crippen MR) is 211 cm³/mol. The summed E-state index contributed by atoms with van der Waals surface area (Å²) in [5, 5.41) is 29.1. The summed E-state index contributed by atoms with van der Waals surface area (Å²) in [6.07, 6.45) is 0. The number of aromatic nitrogens is 3. The van der Waals surface area contributed by atoms with Crippen molar-refractivity contribution >= 4 is 87.1 Å². The van der Waals surface area contributed by atoms with Crippen molar-refractivity contribution in [1.82, 2.24) is 15.0 Å². The second-order valence-electron chi connectivity index (χ2n) is 12.2. The first kappa shape index (κ1) is 46.2. The summed E-state index contributed by atoms with van der Waals surface area (Å²) < 4.78 is 93.4. The van der Waals surface area contributed by atoms with Crippen LogP contribution in [0.1, 0.15) is 0 Å². The standard InChI is InChI=1S/C37H28N10O8S3.2Na/c38-56(48,49)31-15-8-23(9-16-31)35-41-36(39-26-4-2-1-3-5-26)43-37(42-35)40-28-10-6-25-21-29(11-7-24(25)20-28)46-47-33-19-14-30(22-34(33)58(53,54)55)45-44-27-12-17-32(18-13-27)57(50,51)52;;/h1-22H,(H2,38,48,49)(H,50,51,52)(H,53,54,55)(H2,39,40,41,42,43);;/q;2*+1/p-2. The van der Waals surface area contributed by atoms with Crippen molar-refractivity contribution in [3.63, 3.8) is 0 Å². The van der Waals surface area contributed by atoms with E-state index in [0.717, 1.165) is 34.7 Å². The van der Waals surface area contributed by atoms with Crippen LogP contribution in [0.4, 0.5) is 46.0 Å². The number of primary sulfonamides is 1. The Hall–Kier alpha value is -4.88. The van der Waals surface area contributed by atoms with Gasteiger partial charge in [-0.15, -0.1) is 5.11 Å². The van der Waals surface area contributed by atoms with E-state index in [9.17, 15) is 34.4 Å². The van der Waals surface area contributed by atoms with Crippen molar-refractivity contribution in [2.24, 2.45) is 25.6 Å². The van der Waals surface area contributed by atoms with Crippen LogP contribution < -0.4 is 74.9 Å². The van der Waals surface area contributed by atoms with Gasteiger partial charge in [-0.05, 0) is 114 Å². The number of nitrogens with zero attached hydrogens (tertiary/aromatic N) is 7. The largest absolute Gasteiger partial charge is 1.00 e. The average molecular weight is 881 g/mol. The molecule has 0 fully saturated rings. The smallest absolute Gasteiger partial charge is 0.744 e. The van der Waals surface area contributed by atoms with Crippen LogP contribution in [-0.4, -0.2) is 49.3 Å². The number of rotatable bonds is 12. The number of azo groups is 2. The van der Waals surface area contributed by atoms with Crippen molar-refractivity contribution < 1.29 is 93.5 Å². The Bertz CT molecular complexity index is 3090. The molecule has 6 aromatic carbocycles. The van der Waals surface area contributed by atoms with E-state index in [1.165, 1.54) is 36.4 Å². The van der Waals surface area contributed by atoms with E-state index in [-0.39, 0.29) is 98.8 Å². The molecule has 0 aliphatic carbocycles. The van der Waals surface area contributed by atoms with Gasteiger partial charge in [-0.3, -0.25) is 0 Å². The number of hydrogen-bond donors (Lipinski definition) is 3. The third-order valence-electron chi connectivity index (χ3n) is 8.08. The number of sulfonamides is 1. The van der Waals surface area contributed by atoms with E-state index < -0.39 is 40.1 Å². The van der Waals surface area contributed by atoms with Gasteiger partial charge < -0.3 is 19.7 Å². The van der Waals surface area contributed by atoms with Crippen LogP contribution in [0.5, 0.6) is 0 Å². The molecule has 292 valence electrons. The zero-order valence-electron chi connectivity index (χ0n) is 31.4. The summed E-state index contributed by atoms with van der Waals surface area (Å²) in [5.74, 6) is 0.665. The maximum atomic E-state index is 12.1. The van der Waals surface area contributed by atoms with E-state index in [1.807, 2.05) is 36.4 Å². The molecular weight excluding hydrogens is 855 g/mol. The monoisotopic (exact) mass is 880 g/mol. The first-order valence-electron chi connectivity index (χ1n) is 16.6. The van der Waals surface area contributed by atoms with Gasteiger partial charge in [0.2, 0.25) is 21.9 Å². The number of nitrogens with two attached hydrogens (primary N) is 1. The molecule has 18 nitrogen and oxygen atoms in total. The van der Waals surface area contributed by atoms with Gasteiger partial charge in [0.25, 0.3) is 0 Å². The minimum Gasteiger partial charge on any atom is -0.744 e. The van der Waals surface area contributed by atoms with Gasteiger partial charge in [0.1, 0.15) is 25.9 Å². The number of fused-ring (bicyclic) bond motifs is 1. The number of para-hydroxylation sites is 1. The van der Waals surface area contributed by atoms with Gasteiger partial charge in [0.15, 0.2) is 5.82 Å². The van der Waals surface area contributed by atoms with Crippen molar-refractivity contribution in [2.45, 2.75) is 14.7 Å². The van der Waals surface area contributed by atoms with Gasteiger partial charge in [-0.2, -0.15) is 30.3 Å². The number of hydrogen-bond acceptors (Lipinski definition) is 17. The second-order valence-corrected chi connectivity index (χ2v) is 16.5. The van der Waals surface area contributed by atoms with Crippen LogP contribution in [0.2, 0.25) is 0 Å². The van der Waals surface area contributed by atoms with E-state index in [4.69, 9.17) is 5.14 Å². The third-order valence-corrected chi connectivity index (χ3v) is 10.7. The van der Waals surface area contributed by atoms with Crippen LogP contribution in [-0.2, 0) is 30.3 Å². The Kier molecular flexibility index (Phi) is 14.8. The van der Waals surface area contributed by atoms with Crippen LogP contribution >= 0.6 is 0 Å². The van der Waals surface area contributed by atoms with E-state index in [0.29, 0.717) is 16.9 Å². The molecule has 0 aliphatic rings. The summed E-state index contributed by atoms with van der Waals surface area (Å²) in [6, 6.07) is 33.7. The first-order valence-corrected chi connectivity index (χ1v) is 20.9. The Balaban J connectivity index is 0.00000341. The van der Waals surface area contributed by atoms with Gasteiger partial charge in [0, 0.05) is 16.9 Å². The predicted octanol–water partition coefficient (Wildman–Crippen LogP) is 1.47. The summed E-state index contributed by atoms with van der Waals surface area (Å²) in [6.45, 7) is 0. The molecule has 4 N–H and O–H groups in total. The molecule has 0 atom stereocenters. The molecule has 0 saturated heterocycles. The van der Waals surface area contributed by atoms with Crippen LogP contribution in [0.3, 0.4) is 0 Å². The molecule has 0 amide bonds. The van der Waals surface area contributed by atoms with Crippen molar-refractivity contribution in [1.29, 1.82) is 0 Å². The molecule has 7 aromatic rings. The van der Waals surface area contributed by atoms with Gasteiger partial charge >= 0.3 is 59.1 Å². The fourth-order valence-corrected chi connectivity index (χ4v) is 6.93. The molecule has 0 saturated carbocycles. The summed E-state index contributed by atoms with van der Waals surface area (Å²) in [4.78, 5) is 12.4. The molecule has 1 aromatic heterocycles. The second kappa shape index (κ2) is 19.2. The maximum absolute atomic E-state index is 12.1. The summed E-state index contributed by atoms with van der Waals surface area (Å²) >= 11 is 0. The normalized spacial score (nSPS) is 11.9. The topological polar surface area (TPSA) is 287 Å². The van der Waals surface area contributed by atoms with E-state index >= 15 is 0 Å². The zero-order valence-corrected chi connectivity index (χ0v) is 37.8. The molecule has 1 heterocycles. The quantitative estimate of drug-likeness (QED) is 0.0892. The van der Waals surface area contributed by atoms with E-state index in [2.05, 4.69) is 46.0 Å². The number of benzene rings is 6. The van der Waals surface area contributed by atoms with Crippen LogP contribution in [0.25, 0.3) is 22.2 Å². The SMILES string of the molecule is NS(=O)(=O)c1ccc(-c2nc(Nc3ccccc3)nc(Nc3ccc4cc(N=Nc5ccc(N=Nc6ccc(S(=O)(=O)[O-])cc6)cc5S(=O)(=O)[O-])ccc4c3)n2)cc1.[Na+].[Na+]. The van der Waals surface area contributed by atoms with Crippen molar-refractivity contribution in [3.05, 3.63) is 133 Å². The molecule has 23 heteroatoms. The fourth-order valence-electron chi connectivity index (χ4n) is 5.32. The zero-order chi connectivity index (χ0) is 41.1. The Morgan fingerprint density at radius 2 is 1.03 bits per heavy atom. The van der Waals surface area contributed by atoms with Gasteiger partial charge in [-0.1, -0.05) is 30.3 Å². The molecule has 60 heavy (non-hydrogen) atoms. The Morgan fingerprint density at radius 1 is 0.500 bits per heavy atom. The van der Waals surface area contributed by atoms with Crippen molar-refractivity contribution in [2.75, 3.05) is 10.6 Å². The van der Waals surface area contributed by atoms with E-state index in [1.54, 1.807) is 42.5 Å². The Labute approximate surface area is 387 Å². The Morgan fingerprint density at radius 3 is 1.67 bits per heavy atom. The minimum absolute atomic E-state index is 0. The summed E-state index contributed by atoms with van der Waals surface area (Å²) in [5.41, 5.74) is 2.11.